The Morgan fingerprint density at radius 3 is 2.89 bits per heavy atom. The molecule has 5 heteroatoms. The lowest BCUT2D eigenvalue weighted by Gasteiger charge is -2.12. The van der Waals surface area contributed by atoms with E-state index < -0.39 is 0 Å². The second-order valence-corrected chi connectivity index (χ2v) is 5.29. The summed E-state index contributed by atoms with van der Waals surface area (Å²) in [5, 5.41) is 4.10. The molecule has 100 valence electrons. The summed E-state index contributed by atoms with van der Waals surface area (Å²) in [6, 6.07) is 4.32. The number of hydrogen-bond acceptors (Lipinski definition) is 4. The van der Waals surface area contributed by atoms with Crippen LogP contribution in [0.1, 0.15) is 18.5 Å². The second-order valence-electron chi connectivity index (χ2n) is 4.88. The molecule has 0 unspecified atom stereocenters. The van der Waals surface area contributed by atoms with Crippen LogP contribution in [0.5, 0.6) is 5.88 Å². The van der Waals surface area contributed by atoms with E-state index in [9.17, 15) is 0 Å². The molecule has 1 fully saturated rings. The molecule has 1 aromatic rings. The molecule has 0 aromatic carbocycles. The normalized spacial score (nSPS) is 15.1. The summed E-state index contributed by atoms with van der Waals surface area (Å²) in [6.45, 7) is 2.23. The van der Waals surface area contributed by atoms with Crippen molar-refractivity contribution in [1.82, 2.24) is 15.2 Å². The summed E-state index contributed by atoms with van der Waals surface area (Å²) >= 11 is 6.12. The first kappa shape index (κ1) is 13.6. The SMILES string of the molecule is CN(C)CCOc1ccc(Cl)c(CNC2CC2)n1. The van der Waals surface area contributed by atoms with Crippen LogP contribution in [-0.2, 0) is 6.54 Å². The van der Waals surface area contributed by atoms with E-state index in [1.807, 2.05) is 26.2 Å². The van der Waals surface area contributed by atoms with Crippen LogP contribution in [-0.4, -0.2) is 43.2 Å². The molecule has 1 saturated carbocycles. The molecular formula is C13H20ClN3O. The summed E-state index contributed by atoms with van der Waals surface area (Å²) in [6.07, 6.45) is 2.52. The fourth-order valence-corrected chi connectivity index (χ4v) is 1.70. The van der Waals surface area contributed by atoms with Gasteiger partial charge in [-0.1, -0.05) is 11.6 Å². The molecule has 4 nitrogen and oxygen atoms in total. The molecule has 1 aliphatic rings. The molecule has 0 saturated heterocycles. The maximum Gasteiger partial charge on any atom is 0.213 e. The fraction of sp³-hybridized carbons (Fsp3) is 0.615. The third-order valence-corrected chi connectivity index (χ3v) is 3.16. The number of pyridine rings is 1. The van der Waals surface area contributed by atoms with Gasteiger partial charge in [0.2, 0.25) is 5.88 Å². The maximum absolute atomic E-state index is 6.12. The zero-order chi connectivity index (χ0) is 13.0. The summed E-state index contributed by atoms with van der Waals surface area (Å²) in [5.74, 6) is 0.647. The molecule has 0 radical (unpaired) electrons. The molecular weight excluding hydrogens is 250 g/mol. The van der Waals surface area contributed by atoms with Crippen LogP contribution in [0, 0.1) is 0 Å². The van der Waals surface area contributed by atoms with Crippen molar-refractivity contribution >= 4 is 11.6 Å². The first-order valence-corrected chi connectivity index (χ1v) is 6.69. The van der Waals surface area contributed by atoms with E-state index in [4.69, 9.17) is 16.3 Å². The van der Waals surface area contributed by atoms with Gasteiger partial charge in [0.05, 0.1) is 10.7 Å². The number of halogens is 1. The highest BCUT2D eigenvalue weighted by atomic mass is 35.5. The predicted molar refractivity (Wildman–Crippen MR) is 73.2 cm³/mol. The van der Waals surface area contributed by atoms with Crippen molar-refractivity contribution in [1.29, 1.82) is 0 Å². The minimum Gasteiger partial charge on any atom is -0.476 e. The Hall–Kier alpha value is -0.840. The van der Waals surface area contributed by atoms with Crippen LogP contribution >= 0.6 is 11.6 Å². The van der Waals surface area contributed by atoms with Crippen molar-refractivity contribution < 1.29 is 4.74 Å². The Morgan fingerprint density at radius 1 is 1.44 bits per heavy atom. The van der Waals surface area contributed by atoms with Crippen LogP contribution < -0.4 is 10.1 Å². The molecule has 18 heavy (non-hydrogen) atoms. The van der Waals surface area contributed by atoms with Crippen molar-refractivity contribution in [2.75, 3.05) is 27.2 Å². The van der Waals surface area contributed by atoms with Gasteiger partial charge in [0, 0.05) is 25.2 Å². The number of nitrogens with one attached hydrogen (secondary N) is 1. The van der Waals surface area contributed by atoms with Gasteiger partial charge in [-0.3, -0.25) is 0 Å². The molecule has 1 aliphatic carbocycles. The van der Waals surface area contributed by atoms with Crippen LogP contribution in [0.2, 0.25) is 5.02 Å². The molecule has 1 heterocycles. The first-order valence-electron chi connectivity index (χ1n) is 6.31. The number of hydrogen-bond donors (Lipinski definition) is 1. The smallest absolute Gasteiger partial charge is 0.213 e. The molecule has 2 rings (SSSR count). The Kier molecular flexibility index (Phi) is 4.80. The third kappa shape index (κ3) is 4.44. The fourth-order valence-electron chi connectivity index (χ4n) is 1.53. The maximum atomic E-state index is 6.12. The van der Waals surface area contributed by atoms with Crippen LogP contribution in [0.3, 0.4) is 0 Å². The Balaban J connectivity index is 1.87. The average molecular weight is 270 g/mol. The van der Waals surface area contributed by atoms with Crippen LogP contribution in [0.15, 0.2) is 12.1 Å². The number of nitrogens with zero attached hydrogens (tertiary/aromatic N) is 2. The topological polar surface area (TPSA) is 37.4 Å². The van der Waals surface area contributed by atoms with Gasteiger partial charge < -0.3 is 15.0 Å². The largest absolute Gasteiger partial charge is 0.476 e. The van der Waals surface area contributed by atoms with E-state index in [-0.39, 0.29) is 0 Å². The summed E-state index contributed by atoms with van der Waals surface area (Å²) in [5.41, 5.74) is 0.867. The Bertz CT molecular complexity index is 394. The predicted octanol–water partition coefficient (Wildman–Crippen LogP) is 1.93. The minimum atomic E-state index is 0.636. The first-order chi connectivity index (χ1) is 8.65. The van der Waals surface area contributed by atoms with E-state index >= 15 is 0 Å². The van der Waals surface area contributed by atoms with Gasteiger partial charge in [0.1, 0.15) is 6.61 Å². The number of likely N-dealkylation sites (N-methyl/N-ethyl adjacent to an activating group) is 1. The molecule has 1 N–H and O–H groups in total. The summed E-state index contributed by atoms with van der Waals surface area (Å²) < 4.78 is 5.60. The lowest BCUT2D eigenvalue weighted by molar-refractivity contribution is 0.253. The molecule has 0 bridgehead atoms. The highest BCUT2D eigenvalue weighted by Crippen LogP contribution is 2.22. The zero-order valence-corrected chi connectivity index (χ0v) is 11.7. The van der Waals surface area contributed by atoms with Gasteiger partial charge >= 0.3 is 0 Å². The number of rotatable bonds is 7. The number of ether oxygens (including phenoxy) is 1. The molecule has 0 aliphatic heterocycles. The molecule has 0 atom stereocenters. The molecule has 0 spiro atoms. The zero-order valence-electron chi connectivity index (χ0n) is 10.9. The van der Waals surface area contributed by atoms with E-state index in [0.717, 1.165) is 12.2 Å². The van der Waals surface area contributed by atoms with Crippen LogP contribution in [0.25, 0.3) is 0 Å². The van der Waals surface area contributed by atoms with E-state index in [1.165, 1.54) is 12.8 Å². The lowest BCUT2D eigenvalue weighted by atomic mass is 10.3. The van der Waals surface area contributed by atoms with E-state index in [0.29, 0.717) is 30.1 Å². The van der Waals surface area contributed by atoms with Gasteiger partial charge in [-0.15, -0.1) is 0 Å². The molecule has 1 aromatic heterocycles. The third-order valence-electron chi connectivity index (χ3n) is 2.82. The van der Waals surface area contributed by atoms with Crippen molar-refractivity contribution in [3.8, 4) is 5.88 Å². The lowest BCUT2D eigenvalue weighted by Crippen LogP contribution is -2.20. The monoisotopic (exact) mass is 269 g/mol. The van der Waals surface area contributed by atoms with Gasteiger partial charge in [0.25, 0.3) is 0 Å². The van der Waals surface area contributed by atoms with Gasteiger partial charge in [-0.2, -0.15) is 0 Å². The van der Waals surface area contributed by atoms with Gasteiger partial charge in [-0.05, 0) is 33.0 Å². The minimum absolute atomic E-state index is 0.636. The van der Waals surface area contributed by atoms with Gasteiger partial charge in [0.15, 0.2) is 0 Å². The van der Waals surface area contributed by atoms with Crippen LogP contribution in [0.4, 0.5) is 0 Å². The van der Waals surface area contributed by atoms with E-state index in [1.54, 1.807) is 0 Å². The quantitative estimate of drug-likeness (QED) is 0.821. The summed E-state index contributed by atoms with van der Waals surface area (Å²) in [4.78, 5) is 6.51. The highest BCUT2D eigenvalue weighted by molar-refractivity contribution is 6.31. The van der Waals surface area contributed by atoms with Crippen molar-refractivity contribution in [3.63, 3.8) is 0 Å². The van der Waals surface area contributed by atoms with Crippen molar-refractivity contribution in [3.05, 3.63) is 22.8 Å². The summed E-state index contributed by atoms with van der Waals surface area (Å²) in [7, 11) is 4.03. The van der Waals surface area contributed by atoms with Crippen molar-refractivity contribution in [2.24, 2.45) is 0 Å². The standard InChI is InChI=1S/C13H20ClN3O/c1-17(2)7-8-18-13-6-5-11(14)12(16-13)9-15-10-3-4-10/h5-6,10,15H,3-4,7-9H2,1-2H3. The average Bonchev–Trinajstić information content (AvgIpc) is 3.13. The Labute approximate surface area is 113 Å². The number of aromatic nitrogens is 1. The Morgan fingerprint density at radius 2 is 2.22 bits per heavy atom. The second kappa shape index (κ2) is 6.36. The van der Waals surface area contributed by atoms with E-state index in [2.05, 4.69) is 15.2 Å². The van der Waals surface area contributed by atoms with Gasteiger partial charge in [-0.25, -0.2) is 4.98 Å². The highest BCUT2D eigenvalue weighted by Gasteiger charge is 2.20. The molecule has 0 amide bonds. The van der Waals surface area contributed by atoms with Crippen molar-refractivity contribution in [2.45, 2.75) is 25.4 Å².